The minimum atomic E-state index is -0.860. The number of carbonyl (C=O) groups is 1. The number of fused-ring (bicyclic) bond motifs is 1. The van der Waals surface area contributed by atoms with Crippen LogP contribution in [0.2, 0.25) is 0 Å². The smallest absolute Gasteiger partial charge is 0.217 e. The summed E-state index contributed by atoms with van der Waals surface area (Å²) >= 11 is 0. The molecule has 1 aromatic carbocycles. The van der Waals surface area contributed by atoms with Crippen LogP contribution in [0.3, 0.4) is 0 Å². The molecule has 0 bridgehead atoms. The molecule has 3 rings (SSSR count). The summed E-state index contributed by atoms with van der Waals surface area (Å²) < 4.78 is 33.4. The first-order valence-corrected chi connectivity index (χ1v) is 7.42. The van der Waals surface area contributed by atoms with E-state index < -0.39 is 17.7 Å². The molecule has 1 saturated carbocycles. The Kier molecular flexibility index (Phi) is 3.93. The molecule has 2 aliphatic rings. The second-order valence-corrected chi connectivity index (χ2v) is 5.94. The molecule has 0 unspecified atom stereocenters. The van der Waals surface area contributed by atoms with Gasteiger partial charge in [-0.3, -0.25) is 4.79 Å². The zero-order valence-corrected chi connectivity index (χ0v) is 11.9. The molecule has 1 aliphatic carbocycles. The van der Waals surface area contributed by atoms with Gasteiger partial charge in [-0.1, -0.05) is 18.6 Å². The van der Waals surface area contributed by atoms with Gasteiger partial charge in [0.1, 0.15) is 0 Å². The molecule has 21 heavy (non-hydrogen) atoms. The monoisotopic (exact) mass is 295 g/mol. The molecule has 2 fully saturated rings. The van der Waals surface area contributed by atoms with E-state index in [2.05, 4.69) is 5.32 Å². The number of nitrogens with one attached hydrogen (secondary N) is 1. The van der Waals surface area contributed by atoms with E-state index in [0.717, 1.165) is 25.3 Å². The van der Waals surface area contributed by atoms with Crippen LogP contribution in [0.4, 0.5) is 8.78 Å². The number of carbonyl (C=O) groups excluding carboxylic acids is 1. The normalized spacial score (nSPS) is 31.8. The van der Waals surface area contributed by atoms with Crippen LogP contribution in [0.15, 0.2) is 18.2 Å². The minimum absolute atomic E-state index is 0.0169. The van der Waals surface area contributed by atoms with E-state index in [1.54, 1.807) is 6.07 Å². The van der Waals surface area contributed by atoms with Crippen LogP contribution < -0.4 is 5.32 Å². The van der Waals surface area contributed by atoms with Crippen molar-refractivity contribution in [3.05, 3.63) is 35.4 Å². The van der Waals surface area contributed by atoms with E-state index in [1.807, 2.05) is 0 Å². The summed E-state index contributed by atoms with van der Waals surface area (Å²) in [6, 6.07) is 4.12. The lowest BCUT2D eigenvalue weighted by atomic mass is 9.86. The first kappa shape index (κ1) is 14.4. The molecular formula is C16H19F2NO2. The highest BCUT2D eigenvalue weighted by molar-refractivity contribution is 5.73. The standard InChI is InChI=1S/C16H19F2NO2/c1-9(20)19-13-8-15(21-14-7-3-4-10(13)14)11-5-2-6-12(17)16(11)18/h2,5-6,10,13-15H,3-4,7-8H2,1H3,(H,19,20)/t10-,13+,14+,15+/m0/s1. The van der Waals surface area contributed by atoms with E-state index >= 15 is 0 Å². The summed E-state index contributed by atoms with van der Waals surface area (Å²) in [4.78, 5) is 11.4. The fourth-order valence-electron chi connectivity index (χ4n) is 3.65. The molecule has 4 atom stereocenters. The van der Waals surface area contributed by atoms with E-state index in [9.17, 15) is 13.6 Å². The zero-order valence-electron chi connectivity index (χ0n) is 11.9. The lowest BCUT2D eigenvalue weighted by Gasteiger charge is -2.39. The SMILES string of the molecule is CC(=O)N[C@@H]1C[C@H](c2cccc(F)c2F)O[C@@H]2CCC[C@@H]12. The van der Waals surface area contributed by atoms with Crippen LogP contribution in [0.25, 0.3) is 0 Å². The van der Waals surface area contributed by atoms with Gasteiger partial charge in [-0.25, -0.2) is 8.78 Å². The Bertz CT molecular complexity index is 549. The van der Waals surface area contributed by atoms with Gasteiger partial charge in [0.2, 0.25) is 5.91 Å². The van der Waals surface area contributed by atoms with Crippen molar-refractivity contribution in [3.63, 3.8) is 0 Å². The number of rotatable bonds is 2. The number of halogens is 2. The first-order chi connectivity index (χ1) is 10.1. The molecule has 3 nitrogen and oxygen atoms in total. The second-order valence-electron chi connectivity index (χ2n) is 5.94. The van der Waals surface area contributed by atoms with Gasteiger partial charge in [-0.05, 0) is 25.3 Å². The van der Waals surface area contributed by atoms with Crippen molar-refractivity contribution in [2.75, 3.05) is 0 Å². The molecule has 5 heteroatoms. The highest BCUT2D eigenvalue weighted by Crippen LogP contribution is 2.43. The van der Waals surface area contributed by atoms with Gasteiger partial charge < -0.3 is 10.1 Å². The topological polar surface area (TPSA) is 38.3 Å². The maximum atomic E-state index is 14.0. The van der Waals surface area contributed by atoms with Crippen molar-refractivity contribution >= 4 is 5.91 Å². The van der Waals surface area contributed by atoms with Crippen molar-refractivity contribution < 1.29 is 18.3 Å². The van der Waals surface area contributed by atoms with Gasteiger partial charge in [0.05, 0.1) is 12.2 Å². The Morgan fingerprint density at radius 1 is 1.33 bits per heavy atom. The van der Waals surface area contributed by atoms with Gasteiger partial charge in [0.15, 0.2) is 11.6 Å². The molecule has 0 aromatic heterocycles. The highest BCUT2D eigenvalue weighted by atomic mass is 19.2. The Balaban J connectivity index is 1.86. The van der Waals surface area contributed by atoms with Crippen molar-refractivity contribution in [1.82, 2.24) is 5.32 Å². The Hall–Kier alpha value is -1.49. The molecule has 0 radical (unpaired) electrons. The van der Waals surface area contributed by atoms with Crippen LogP contribution in [-0.2, 0) is 9.53 Å². The van der Waals surface area contributed by atoms with Crippen LogP contribution in [0.5, 0.6) is 0 Å². The summed E-state index contributed by atoms with van der Waals surface area (Å²) in [5.41, 5.74) is 0.246. The molecule has 1 saturated heterocycles. The predicted molar refractivity (Wildman–Crippen MR) is 73.5 cm³/mol. The number of amides is 1. The molecule has 1 heterocycles. The molecule has 1 aliphatic heterocycles. The largest absolute Gasteiger partial charge is 0.370 e. The van der Waals surface area contributed by atoms with Crippen molar-refractivity contribution in [2.24, 2.45) is 5.92 Å². The van der Waals surface area contributed by atoms with E-state index in [-0.39, 0.29) is 29.5 Å². The molecular weight excluding hydrogens is 276 g/mol. The Morgan fingerprint density at radius 2 is 2.14 bits per heavy atom. The van der Waals surface area contributed by atoms with Gasteiger partial charge in [-0.15, -0.1) is 0 Å². The minimum Gasteiger partial charge on any atom is -0.370 e. The van der Waals surface area contributed by atoms with Crippen LogP contribution >= 0.6 is 0 Å². The number of hydrogen-bond acceptors (Lipinski definition) is 2. The fraction of sp³-hybridized carbons (Fsp3) is 0.562. The fourth-order valence-corrected chi connectivity index (χ4v) is 3.65. The molecule has 114 valence electrons. The van der Waals surface area contributed by atoms with Gasteiger partial charge in [0.25, 0.3) is 0 Å². The molecule has 1 aromatic rings. The van der Waals surface area contributed by atoms with Gasteiger partial charge in [-0.2, -0.15) is 0 Å². The van der Waals surface area contributed by atoms with Crippen molar-refractivity contribution in [1.29, 1.82) is 0 Å². The summed E-state index contributed by atoms with van der Waals surface area (Å²) in [5, 5.41) is 2.95. The van der Waals surface area contributed by atoms with Crippen LogP contribution in [-0.4, -0.2) is 18.1 Å². The maximum absolute atomic E-state index is 14.0. The van der Waals surface area contributed by atoms with Crippen molar-refractivity contribution in [3.8, 4) is 0 Å². The summed E-state index contributed by atoms with van der Waals surface area (Å²) in [5.74, 6) is -1.52. The predicted octanol–water partition coefficient (Wildman–Crippen LogP) is 3.10. The third kappa shape index (κ3) is 2.79. The van der Waals surface area contributed by atoms with Crippen molar-refractivity contribution in [2.45, 2.75) is 50.9 Å². The molecule has 0 spiro atoms. The van der Waals surface area contributed by atoms with Crippen LogP contribution in [0, 0.1) is 17.6 Å². The lowest BCUT2D eigenvalue weighted by Crippen LogP contribution is -2.47. The summed E-state index contributed by atoms with van der Waals surface area (Å²) in [6.07, 6.45) is 2.97. The quantitative estimate of drug-likeness (QED) is 0.910. The maximum Gasteiger partial charge on any atom is 0.217 e. The average Bonchev–Trinajstić information content (AvgIpc) is 2.89. The Labute approximate surface area is 122 Å². The van der Waals surface area contributed by atoms with Gasteiger partial charge >= 0.3 is 0 Å². The molecule has 1 N–H and O–H groups in total. The third-order valence-corrected chi connectivity index (χ3v) is 4.54. The van der Waals surface area contributed by atoms with E-state index in [4.69, 9.17) is 4.74 Å². The second kappa shape index (κ2) is 5.72. The Morgan fingerprint density at radius 3 is 2.90 bits per heavy atom. The molecule has 1 amide bonds. The van der Waals surface area contributed by atoms with E-state index in [0.29, 0.717) is 6.42 Å². The summed E-state index contributed by atoms with van der Waals surface area (Å²) in [6.45, 7) is 1.48. The summed E-state index contributed by atoms with van der Waals surface area (Å²) in [7, 11) is 0. The average molecular weight is 295 g/mol. The van der Waals surface area contributed by atoms with Crippen LogP contribution in [0.1, 0.15) is 44.3 Å². The van der Waals surface area contributed by atoms with E-state index in [1.165, 1.54) is 13.0 Å². The number of benzene rings is 1. The zero-order chi connectivity index (χ0) is 15.0. The third-order valence-electron chi connectivity index (χ3n) is 4.54. The first-order valence-electron chi connectivity index (χ1n) is 7.42. The number of hydrogen-bond donors (Lipinski definition) is 1. The van der Waals surface area contributed by atoms with Gasteiger partial charge in [0, 0.05) is 24.4 Å². The number of ether oxygens (including phenoxy) is 1. The highest BCUT2D eigenvalue weighted by Gasteiger charge is 2.42. The lowest BCUT2D eigenvalue weighted by molar-refractivity contribution is -0.124.